The molecule has 2 fully saturated rings. The van der Waals surface area contributed by atoms with E-state index in [9.17, 15) is 13.2 Å². The summed E-state index contributed by atoms with van der Waals surface area (Å²) < 4.78 is 32.5. The summed E-state index contributed by atoms with van der Waals surface area (Å²) in [5, 5.41) is 3.07. The predicted octanol–water partition coefficient (Wildman–Crippen LogP) is -0.111. The van der Waals surface area contributed by atoms with Crippen LogP contribution in [0.15, 0.2) is 29.2 Å². The largest absolute Gasteiger partial charge is 0.494 e. The van der Waals surface area contributed by atoms with Gasteiger partial charge in [-0.05, 0) is 56.9 Å². The number of carbonyl (C=O) groups is 1. The molecule has 1 aromatic rings. The first-order valence-corrected chi connectivity index (χ1v) is 11.2. The Bertz CT molecular complexity index is 739. The molecule has 150 valence electrons. The maximum atomic E-state index is 12.8. The third kappa shape index (κ3) is 5.21. The van der Waals surface area contributed by atoms with Crippen molar-refractivity contribution in [2.24, 2.45) is 5.92 Å². The first-order valence-electron chi connectivity index (χ1n) is 9.76. The van der Waals surface area contributed by atoms with E-state index in [0.29, 0.717) is 51.0 Å². The molecule has 0 bridgehead atoms. The summed E-state index contributed by atoms with van der Waals surface area (Å²) in [5.41, 5.74) is 0. The van der Waals surface area contributed by atoms with Crippen molar-refractivity contribution in [3.05, 3.63) is 24.3 Å². The number of benzene rings is 1. The van der Waals surface area contributed by atoms with Gasteiger partial charge in [0.05, 0.1) is 37.7 Å². The Balaban J connectivity index is 1.50. The van der Waals surface area contributed by atoms with Crippen LogP contribution < -0.4 is 15.0 Å². The fourth-order valence-electron chi connectivity index (χ4n) is 3.49. The lowest BCUT2D eigenvalue weighted by Gasteiger charge is -2.31. The van der Waals surface area contributed by atoms with E-state index < -0.39 is 10.0 Å². The highest BCUT2D eigenvalue weighted by Gasteiger charge is 2.32. The molecule has 7 nitrogen and oxygen atoms in total. The zero-order valence-electron chi connectivity index (χ0n) is 16.1. The summed E-state index contributed by atoms with van der Waals surface area (Å²) in [6.07, 6.45) is 2.41. The Kier molecular flexibility index (Phi) is 6.39. The monoisotopic (exact) mass is 396 g/mol. The van der Waals surface area contributed by atoms with Crippen LogP contribution in [-0.2, 0) is 14.8 Å². The number of ether oxygens (including phenoxy) is 1. The Morgan fingerprint density at radius 1 is 1.26 bits per heavy atom. The molecule has 1 atom stereocenters. The predicted molar refractivity (Wildman–Crippen MR) is 102 cm³/mol. The number of amides is 1. The van der Waals surface area contributed by atoms with Crippen LogP contribution in [0.5, 0.6) is 5.75 Å². The molecule has 2 N–H and O–H groups in total. The van der Waals surface area contributed by atoms with Gasteiger partial charge in [0.15, 0.2) is 6.54 Å². The molecule has 1 amide bonds. The second-order valence-corrected chi connectivity index (χ2v) is 9.37. The van der Waals surface area contributed by atoms with Crippen molar-refractivity contribution in [3.8, 4) is 5.75 Å². The molecule has 1 aliphatic heterocycles. The highest BCUT2D eigenvalue weighted by molar-refractivity contribution is 7.89. The molecular formula is C19H30N3O4S+. The minimum absolute atomic E-state index is 0.0622. The molecule has 1 aliphatic carbocycles. The first kappa shape index (κ1) is 20.1. The number of nitrogens with one attached hydrogen (secondary N) is 2. The highest BCUT2D eigenvalue weighted by atomic mass is 32.2. The van der Waals surface area contributed by atoms with E-state index in [2.05, 4.69) is 12.2 Å². The van der Waals surface area contributed by atoms with Crippen LogP contribution in [0.1, 0.15) is 26.7 Å². The smallest absolute Gasteiger partial charge is 0.275 e. The van der Waals surface area contributed by atoms with Crippen LogP contribution >= 0.6 is 0 Å². The number of carbonyl (C=O) groups excluding carboxylic acids is 1. The minimum atomic E-state index is -3.50. The number of hydrogen-bond acceptors (Lipinski definition) is 4. The van der Waals surface area contributed by atoms with Gasteiger partial charge in [-0.2, -0.15) is 4.31 Å². The molecule has 8 heteroatoms. The molecule has 27 heavy (non-hydrogen) atoms. The zero-order chi connectivity index (χ0) is 19.4. The second-order valence-electron chi connectivity index (χ2n) is 7.43. The molecule has 1 saturated heterocycles. The Hall–Kier alpha value is -1.64. The van der Waals surface area contributed by atoms with Crippen LogP contribution in [0.3, 0.4) is 0 Å². The standard InChI is InChI=1S/C19H29N3O4S/c1-3-26-17-6-8-18(9-7-17)27(24,25)22-12-10-21(11-13-22)14-19(23)20-15(2)16-4-5-16/h6-9,15-16H,3-5,10-14H2,1-2H3,(H,20,23)/p+1/t15-/m1/s1. The van der Waals surface area contributed by atoms with Crippen molar-refractivity contribution in [2.45, 2.75) is 37.6 Å². The number of hydrogen-bond donors (Lipinski definition) is 2. The van der Waals surface area contributed by atoms with Gasteiger partial charge in [-0.25, -0.2) is 8.42 Å². The van der Waals surface area contributed by atoms with Gasteiger partial charge in [-0.3, -0.25) is 4.79 Å². The van der Waals surface area contributed by atoms with Gasteiger partial charge in [0.1, 0.15) is 5.75 Å². The van der Waals surface area contributed by atoms with E-state index in [1.807, 2.05) is 6.92 Å². The maximum absolute atomic E-state index is 12.8. The molecule has 2 aliphatic rings. The van der Waals surface area contributed by atoms with Crippen molar-refractivity contribution in [3.63, 3.8) is 0 Å². The SMILES string of the molecule is CCOc1ccc(S(=O)(=O)N2CC[NH+](CC(=O)N[C@H](C)C3CC3)CC2)cc1. The molecule has 1 heterocycles. The molecule has 0 spiro atoms. The van der Waals surface area contributed by atoms with Crippen LogP contribution in [0.2, 0.25) is 0 Å². The van der Waals surface area contributed by atoms with Crippen molar-refractivity contribution < 1.29 is 22.8 Å². The van der Waals surface area contributed by atoms with Gasteiger partial charge in [0.25, 0.3) is 5.91 Å². The lowest BCUT2D eigenvalue weighted by molar-refractivity contribution is -0.895. The Morgan fingerprint density at radius 2 is 1.89 bits per heavy atom. The topological polar surface area (TPSA) is 80.2 Å². The lowest BCUT2D eigenvalue weighted by Crippen LogP contribution is -3.15. The molecule has 0 aromatic heterocycles. The summed E-state index contributed by atoms with van der Waals surface area (Å²) >= 11 is 0. The molecular weight excluding hydrogens is 366 g/mol. The summed E-state index contributed by atoms with van der Waals surface area (Å²) in [6, 6.07) is 6.80. The highest BCUT2D eigenvalue weighted by Crippen LogP contribution is 2.32. The van der Waals surface area contributed by atoms with E-state index in [-0.39, 0.29) is 16.8 Å². The van der Waals surface area contributed by atoms with Gasteiger partial charge in [0, 0.05) is 6.04 Å². The number of rotatable bonds is 8. The van der Waals surface area contributed by atoms with E-state index in [0.717, 1.165) is 4.90 Å². The number of nitrogens with zero attached hydrogens (tertiary/aromatic N) is 1. The third-order valence-electron chi connectivity index (χ3n) is 5.33. The van der Waals surface area contributed by atoms with Crippen LogP contribution in [0.25, 0.3) is 0 Å². The normalized spacial score (nSPS) is 20.2. The molecule has 3 rings (SSSR count). The summed E-state index contributed by atoms with van der Waals surface area (Å²) in [5.74, 6) is 1.37. The van der Waals surface area contributed by atoms with Crippen LogP contribution in [0.4, 0.5) is 0 Å². The summed E-state index contributed by atoms with van der Waals surface area (Å²) in [4.78, 5) is 13.6. The quantitative estimate of drug-likeness (QED) is 0.643. The van der Waals surface area contributed by atoms with Gasteiger partial charge < -0.3 is 15.0 Å². The lowest BCUT2D eigenvalue weighted by atomic mass is 10.2. The van der Waals surface area contributed by atoms with E-state index >= 15 is 0 Å². The van der Waals surface area contributed by atoms with Crippen LogP contribution in [0, 0.1) is 5.92 Å². The maximum Gasteiger partial charge on any atom is 0.275 e. The van der Waals surface area contributed by atoms with Crippen molar-refractivity contribution in [2.75, 3.05) is 39.3 Å². The summed E-state index contributed by atoms with van der Waals surface area (Å²) in [7, 11) is -3.50. The van der Waals surface area contributed by atoms with E-state index in [1.54, 1.807) is 24.3 Å². The molecule has 1 saturated carbocycles. The number of quaternary nitrogens is 1. The Morgan fingerprint density at radius 3 is 2.44 bits per heavy atom. The van der Waals surface area contributed by atoms with Crippen molar-refractivity contribution in [1.82, 2.24) is 9.62 Å². The van der Waals surface area contributed by atoms with E-state index in [1.165, 1.54) is 17.1 Å². The van der Waals surface area contributed by atoms with Gasteiger partial charge in [-0.1, -0.05) is 0 Å². The zero-order valence-corrected chi connectivity index (χ0v) is 16.9. The fourth-order valence-corrected chi connectivity index (χ4v) is 4.93. The molecule has 0 unspecified atom stereocenters. The van der Waals surface area contributed by atoms with Crippen molar-refractivity contribution in [1.29, 1.82) is 0 Å². The van der Waals surface area contributed by atoms with Crippen molar-refractivity contribution >= 4 is 15.9 Å². The third-order valence-corrected chi connectivity index (χ3v) is 7.24. The van der Waals surface area contributed by atoms with Crippen LogP contribution in [-0.4, -0.2) is 64.0 Å². The molecule has 0 radical (unpaired) electrons. The van der Waals surface area contributed by atoms with Gasteiger partial charge in [-0.15, -0.1) is 0 Å². The number of piperazine rings is 1. The Labute approximate surface area is 161 Å². The first-order chi connectivity index (χ1) is 12.9. The molecule has 1 aromatic carbocycles. The minimum Gasteiger partial charge on any atom is -0.494 e. The van der Waals surface area contributed by atoms with E-state index in [4.69, 9.17) is 4.74 Å². The van der Waals surface area contributed by atoms with Gasteiger partial charge in [0.2, 0.25) is 10.0 Å². The average Bonchev–Trinajstić information content (AvgIpc) is 3.48. The average molecular weight is 397 g/mol. The van der Waals surface area contributed by atoms with Gasteiger partial charge >= 0.3 is 0 Å². The second kappa shape index (κ2) is 8.58. The summed E-state index contributed by atoms with van der Waals surface area (Å²) in [6.45, 7) is 7.04. The number of sulfonamides is 1. The fraction of sp³-hybridized carbons (Fsp3) is 0.632.